The first-order valence-corrected chi connectivity index (χ1v) is 6.49. The van der Waals surface area contributed by atoms with Gasteiger partial charge in [0.25, 0.3) is 0 Å². The molecule has 0 heterocycles. The Hall–Kier alpha value is -1.51. The van der Waals surface area contributed by atoms with Gasteiger partial charge in [0.1, 0.15) is 5.78 Å². The van der Waals surface area contributed by atoms with Gasteiger partial charge in [0.15, 0.2) is 11.5 Å². The predicted octanol–water partition coefficient (Wildman–Crippen LogP) is 3.34. The minimum Gasteiger partial charge on any atom is -0.504 e. The molecule has 0 bridgehead atoms. The minimum atomic E-state index is 0.0822. The van der Waals surface area contributed by atoms with Crippen molar-refractivity contribution < 1.29 is 14.6 Å². The van der Waals surface area contributed by atoms with Crippen LogP contribution in [-0.2, 0) is 11.2 Å². The highest BCUT2D eigenvalue weighted by Gasteiger charge is 2.09. The first-order chi connectivity index (χ1) is 8.54. The van der Waals surface area contributed by atoms with Gasteiger partial charge in [-0.15, -0.1) is 0 Å². The second-order valence-corrected chi connectivity index (χ2v) is 4.70. The molecule has 0 spiro atoms. The molecule has 1 atom stereocenters. The first-order valence-electron chi connectivity index (χ1n) is 6.49. The average molecular weight is 250 g/mol. The van der Waals surface area contributed by atoms with Crippen LogP contribution in [0.2, 0.25) is 0 Å². The fraction of sp³-hybridized carbons (Fsp3) is 0.533. The molecule has 1 rings (SSSR count). The largest absolute Gasteiger partial charge is 0.504 e. The number of aromatic hydroxyl groups is 1. The molecule has 3 heteroatoms. The summed E-state index contributed by atoms with van der Waals surface area (Å²) in [5, 5.41) is 9.65. The molecule has 0 aromatic heterocycles. The third kappa shape index (κ3) is 4.40. The van der Waals surface area contributed by atoms with E-state index in [2.05, 4.69) is 0 Å². The second kappa shape index (κ2) is 7.04. The van der Waals surface area contributed by atoms with Crippen molar-refractivity contribution in [3.05, 3.63) is 23.8 Å². The van der Waals surface area contributed by atoms with Crippen molar-refractivity contribution in [2.24, 2.45) is 5.92 Å². The molecule has 1 aromatic rings. The monoisotopic (exact) mass is 250 g/mol. The lowest BCUT2D eigenvalue weighted by Crippen LogP contribution is -2.07. The lowest BCUT2D eigenvalue weighted by molar-refractivity contribution is -0.120. The maximum Gasteiger partial charge on any atom is 0.161 e. The number of ether oxygens (including phenoxy) is 1. The maximum atomic E-state index is 11.2. The van der Waals surface area contributed by atoms with Crippen molar-refractivity contribution >= 4 is 5.78 Å². The quantitative estimate of drug-likeness (QED) is 0.807. The van der Waals surface area contributed by atoms with E-state index in [9.17, 15) is 9.90 Å². The van der Waals surface area contributed by atoms with Gasteiger partial charge >= 0.3 is 0 Å². The fourth-order valence-electron chi connectivity index (χ4n) is 1.63. The van der Waals surface area contributed by atoms with E-state index in [0.717, 1.165) is 24.8 Å². The third-order valence-electron chi connectivity index (χ3n) is 3.05. The zero-order chi connectivity index (χ0) is 13.5. The second-order valence-electron chi connectivity index (χ2n) is 4.70. The number of Topliss-reactive ketones (excluding diaryl/α,β-unsaturated/α-hetero) is 1. The van der Waals surface area contributed by atoms with Crippen LogP contribution in [-0.4, -0.2) is 17.5 Å². The Morgan fingerprint density at radius 3 is 2.78 bits per heavy atom. The normalized spacial score (nSPS) is 12.2. The van der Waals surface area contributed by atoms with Crippen molar-refractivity contribution in [3.63, 3.8) is 0 Å². The van der Waals surface area contributed by atoms with Crippen LogP contribution in [0.25, 0.3) is 0 Å². The Labute approximate surface area is 109 Å². The third-order valence-corrected chi connectivity index (χ3v) is 3.05. The zero-order valence-electron chi connectivity index (χ0n) is 11.4. The number of aryl methyl sites for hydroxylation is 1. The van der Waals surface area contributed by atoms with Crippen LogP contribution in [0.4, 0.5) is 0 Å². The summed E-state index contributed by atoms with van der Waals surface area (Å²) < 4.78 is 5.46. The van der Waals surface area contributed by atoms with E-state index in [0.29, 0.717) is 12.4 Å². The molecule has 0 unspecified atom stereocenters. The number of phenols is 1. The van der Waals surface area contributed by atoms with Crippen LogP contribution in [0.15, 0.2) is 18.2 Å². The van der Waals surface area contributed by atoms with Gasteiger partial charge in [0.05, 0.1) is 6.61 Å². The van der Waals surface area contributed by atoms with Gasteiger partial charge in [-0.25, -0.2) is 0 Å². The summed E-state index contributed by atoms with van der Waals surface area (Å²) in [6.45, 7) is 6.19. The van der Waals surface area contributed by atoms with Gasteiger partial charge in [-0.05, 0) is 43.9 Å². The highest BCUT2D eigenvalue weighted by atomic mass is 16.5. The number of phenolic OH excluding ortho intramolecular Hbond substituents is 1. The predicted molar refractivity (Wildman–Crippen MR) is 72.1 cm³/mol. The van der Waals surface area contributed by atoms with E-state index in [1.807, 2.05) is 26.0 Å². The van der Waals surface area contributed by atoms with Crippen molar-refractivity contribution in [1.82, 2.24) is 0 Å². The van der Waals surface area contributed by atoms with Crippen LogP contribution in [0.1, 0.15) is 39.2 Å². The van der Waals surface area contributed by atoms with Crippen LogP contribution in [0.5, 0.6) is 11.5 Å². The molecule has 0 fully saturated rings. The molecule has 0 saturated heterocycles. The number of benzene rings is 1. The van der Waals surface area contributed by atoms with Crippen molar-refractivity contribution in [1.29, 1.82) is 0 Å². The van der Waals surface area contributed by atoms with Gasteiger partial charge in [-0.3, -0.25) is 4.79 Å². The zero-order valence-corrected chi connectivity index (χ0v) is 11.4. The fourth-order valence-corrected chi connectivity index (χ4v) is 1.63. The number of carbonyl (C=O) groups is 1. The Kier molecular flexibility index (Phi) is 5.69. The number of hydrogen-bond donors (Lipinski definition) is 1. The molecular formula is C15H22O3. The minimum absolute atomic E-state index is 0.0822. The summed E-state index contributed by atoms with van der Waals surface area (Å²) in [6, 6.07) is 5.39. The summed E-state index contributed by atoms with van der Waals surface area (Å²) in [5.74, 6) is 1.01. The van der Waals surface area contributed by atoms with Crippen LogP contribution >= 0.6 is 0 Å². The molecule has 0 aliphatic heterocycles. The average Bonchev–Trinajstić information content (AvgIpc) is 2.35. The molecule has 18 heavy (non-hydrogen) atoms. The van der Waals surface area contributed by atoms with Crippen LogP contribution in [0, 0.1) is 5.92 Å². The van der Waals surface area contributed by atoms with Gasteiger partial charge in [0, 0.05) is 5.92 Å². The molecule has 0 amide bonds. The van der Waals surface area contributed by atoms with E-state index < -0.39 is 0 Å². The summed E-state index contributed by atoms with van der Waals surface area (Å²) in [5.41, 5.74) is 1.09. The molecule has 0 saturated carbocycles. The van der Waals surface area contributed by atoms with Gasteiger partial charge in [0.2, 0.25) is 0 Å². The number of rotatable bonds is 7. The van der Waals surface area contributed by atoms with Crippen molar-refractivity contribution in [2.75, 3.05) is 6.61 Å². The summed E-state index contributed by atoms with van der Waals surface area (Å²) in [7, 11) is 0. The van der Waals surface area contributed by atoms with Gasteiger partial charge in [-0.2, -0.15) is 0 Å². The maximum absolute atomic E-state index is 11.2. The van der Waals surface area contributed by atoms with E-state index >= 15 is 0 Å². The van der Waals surface area contributed by atoms with Crippen LogP contribution in [0.3, 0.4) is 0 Å². The molecule has 3 nitrogen and oxygen atoms in total. The van der Waals surface area contributed by atoms with E-state index in [1.165, 1.54) is 0 Å². The van der Waals surface area contributed by atoms with Gasteiger partial charge in [-0.1, -0.05) is 19.9 Å². The molecular weight excluding hydrogens is 228 g/mol. The Morgan fingerprint density at radius 1 is 1.44 bits per heavy atom. The molecule has 0 aliphatic carbocycles. The lowest BCUT2D eigenvalue weighted by Gasteiger charge is -2.10. The van der Waals surface area contributed by atoms with Crippen LogP contribution < -0.4 is 4.74 Å². The topological polar surface area (TPSA) is 46.5 Å². The highest BCUT2D eigenvalue weighted by Crippen LogP contribution is 2.27. The van der Waals surface area contributed by atoms with E-state index in [4.69, 9.17) is 4.74 Å². The summed E-state index contributed by atoms with van der Waals surface area (Å²) >= 11 is 0. The standard InChI is InChI=1S/C15H22O3/c1-4-9-18-15-10-13(7-8-14(15)17)6-5-11(2)12(3)16/h7-8,10-11,17H,4-6,9H2,1-3H3/t11-/m0/s1. The first kappa shape index (κ1) is 14.6. The molecule has 1 aromatic carbocycles. The number of ketones is 1. The van der Waals surface area contributed by atoms with Crippen molar-refractivity contribution in [2.45, 2.75) is 40.0 Å². The SMILES string of the molecule is CCCOc1cc(CC[C@H](C)C(C)=O)ccc1O. The smallest absolute Gasteiger partial charge is 0.161 e. The van der Waals surface area contributed by atoms with E-state index in [1.54, 1.807) is 13.0 Å². The molecule has 0 radical (unpaired) electrons. The Morgan fingerprint density at radius 2 is 2.17 bits per heavy atom. The van der Waals surface area contributed by atoms with Crippen molar-refractivity contribution in [3.8, 4) is 11.5 Å². The summed E-state index contributed by atoms with van der Waals surface area (Å²) in [6.07, 6.45) is 2.56. The molecule has 0 aliphatic rings. The Balaban J connectivity index is 2.63. The Bertz CT molecular complexity index is 399. The summed E-state index contributed by atoms with van der Waals surface area (Å²) in [4.78, 5) is 11.2. The number of hydrogen-bond acceptors (Lipinski definition) is 3. The lowest BCUT2D eigenvalue weighted by atomic mass is 9.98. The molecule has 100 valence electrons. The molecule has 1 N–H and O–H groups in total. The van der Waals surface area contributed by atoms with E-state index in [-0.39, 0.29) is 17.5 Å². The van der Waals surface area contributed by atoms with Gasteiger partial charge < -0.3 is 9.84 Å². The number of carbonyl (C=O) groups excluding carboxylic acids is 1. The highest BCUT2D eigenvalue weighted by molar-refractivity contribution is 5.77.